The maximum atomic E-state index is 11.2. The topological polar surface area (TPSA) is 73.0 Å². The highest BCUT2D eigenvalue weighted by Gasteiger charge is 2.28. The molecule has 1 aliphatic carbocycles. The number of hydrogen-bond acceptors (Lipinski definition) is 4. The molecule has 6 heteroatoms. The first-order chi connectivity index (χ1) is 9.00. The Balaban J connectivity index is 2.32. The van der Waals surface area contributed by atoms with Crippen LogP contribution < -0.4 is 5.32 Å². The highest BCUT2D eigenvalue weighted by molar-refractivity contribution is 5.60. The first-order valence-corrected chi connectivity index (χ1v) is 7.00. The summed E-state index contributed by atoms with van der Waals surface area (Å²) < 4.78 is 1.74. The Kier molecular flexibility index (Phi) is 4.07. The predicted molar refractivity (Wildman–Crippen MR) is 74.5 cm³/mol. The van der Waals surface area contributed by atoms with Crippen molar-refractivity contribution >= 4 is 11.5 Å². The summed E-state index contributed by atoms with van der Waals surface area (Å²) in [5.41, 5.74) is 0.608. The third-order valence-corrected chi connectivity index (χ3v) is 3.67. The molecule has 0 radical (unpaired) electrons. The second-order valence-corrected chi connectivity index (χ2v) is 5.56. The molecule has 19 heavy (non-hydrogen) atoms. The van der Waals surface area contributed by atoms with Gasteiger partial charge < -0.3 is 5.32 Å². The maximum absolute atomic E-state index is 11.2. The summed E-state index contributed by atoms with van der Waals surface area (Å²) in [5.74, 6) is 0.574. The molecule has 0 spiro atoms. The molecule has 1 fully saturated rings. The van der Waals surface area contributed by atoms with E-state index >= 15 is 0 Å². The first-order valence-electron chi connectivity index (χ1n) is 7.00. The van der Waals surface area contributed by atoms with Crippen LogP contribution in [0.5, 0.6) is 0 Å². The highest BCUT2D eigenvalue weighted by atomic mass is 16.6. The number of aromatic nitrogens is 2. The second kappa shape index (κ2) is 5.59. The van der Waals surface area contributed by atoms with E-state index in [0.717, 1.165) is 12.8 Å². The standard InChI is InChI=1S/C13H22N4O2/c1-9(2)16-13(12(17(18)19)10(3)15-16)14-11-7-5-4-6-8-11/h9,11,14H,4-8H2,1-3H3. The van der Waals surface area contributed by atoms with Gasteiger partial charge in [-0.2, -0.15) is 5.10 Å². The minimum absolute atomic E-state index is 0.110. The summed E-state index contributed by atoms with van der Waals surface area (Å²) in [6.07, 6.45) is 5.82. The molecular formula is C13H22N4O2. The molecule has 1 aromatic rings. The molecule has 1 saturated carbocycles. The van der Waals surface area contributed by atoms with E-state index in [0.29, 0.717) is 17.6 Å². The van der Waals surface area contributed by atoms with Crippen molar-refractivity contribution in [2.24, 2.45) is 0 Å². The fourth-order valence-corrected chi connectivity index (χ4v) is 2.71. The van der Waals surface area contributed by atoms with Crippen molar-refractivity contribution in [2.75, 3.05) is 5.32 Å². The molecule has 1 N–H and O–H groups in total. The van der Waals surface area contributed by atoms with Gasteiger partial charge in [0.1, 0.15) is 5.69 Å². The van der Waals surface area contributed by atoms with Crippen LogP contribution in [0.4, 0.5) is 11.5 Å². The number of nitrogens with zero attached hydrogens (tertiary/aromatic N) is 3. The lowest BCUT2D eigenvalue weighted by Crippen LogP contribution is -2.25. The Morgan fingerprint density at radius 2 is 2.00 bits per heavy atom. The summed E-state index contributed by atoms with van der Waals surface area (Å²) in [6, 6.07) is 0.444. The van der Waals surface area contributed by atoms with Gasteiger partial charge in [-0.15, -0.1) is 0 Å². The van der Waals surface area contributed by atoms with Gasteiger partial charge in [-0.25, -0.2) is 4.68 Å². The molecule has 106 valence electrons. The third-order valence-electron chi connectivity index (χ3n) is 3.67. The molecule has 1 heterocycles. The van der Waals surface area contributed by atoms with Crippen LogP contribution in [0, 0.1) is 17.0 Å². The maximum Gasteiger partial charge on any atom is 0.333 e. The zero-order chi connectivity index (χ0) is 14.0. The number of hydrogen-bond donors (Lipinski definition) is 1. The fraction of sp³-hybridized carbons (Fsp3) is 0.769. The Labute approximate surface area is 113 Å². The predicted octanol–water partition coefficient (Wildman–Crippen LogP) is 3.43. The van der Waals surface area contributed by atoms with Gasteiger partial charge in [0, 0.05) is 12.1 Å². The lowest BCUT2D eigenvalue weighted by Gasteiger charge is -2.24. The minimum atomic E-state index is -0.327. The smallest absolute Gasteiger partial charge is 0.333 e. The summed E-state index contributed by atoms with van der Waals surface area (Å²) in [5, 5.41) is 18.9. The van der Waals surface area contributed by atoms with Crippen LogP contribution in [-0.4, -0.2) is 20.7 Å². The van der Waals surface area contributed by atoms with Crippen LogP contribution in [-0.2, 0) is 0 Å². The highest BCUT2D eigenvalue weighted by Crippen LogP contribution is 2.33. The fourth-order valence-electron chi connectivity index (χ4n) is 2.71. The van der Waals surface area contributed by atoms with Gasteiger partial charge in [-0.3, -0.25) is 10.1 Å². The lowest BCUT2D eigenvalue weighted by molar-refractivity contribution is -0.384. The van der Waals surface area contributed by atoms with Crippen LogP contribution in [0.3, 0.4) is 0 Å². The van der Waals surface area contributed by atoms with Gasteiger partial charge >= 0.3 is 5.69 Å². The molecule has 0 saturated heterocycles. The normalized spacial score (nSPS) is 16.8. The van der Waals surface area contributed by atoms with Gasteiger partial charge in [-0.1, -0.05) is 19.3 Å². The monoisotopic (exact) mass is 266 g/mol. The van der Waals surface area contributed by atoms with E-state index in [9.17, 15) is 10.1 Å². The molecule has 1 aliphatic rings. The molecule has 2 rings (SSSR count). The van der Waals surface area contributed by atoms with Crippen molar-refractivity contribution in [3.63, 3.8) is 0 Å². The largest absolute Gasteiger partial charge is 0.362 e. The van der Waals surface area contributed by atoms with E-state index in [1.165, 1.54) is 19.3 Å². The van der Waals surface area contributed by atoms with Gasteiger partial charge in [0.05, 0.1) is 4.92 Å². The van der Waals surface area contributed by atoms with Gasteiger partial charge in [0.25, 0.3) is 0 Å². The van der Waals surface area contributed by atoms with Gasteiger partial charge in [-0.05, 0) is 33.6 Å². The van der Waals surface area contributed by atoms with Crippen molar-refractivity contribution in [2.45, 2.75) is 65.0 Å². The average Bonchev–Trinajstić information content (AvgIpc) is 2.67. The number of aryl methyl sites for hydroxylation is 1. The molecular weight excluding hydrogens is 244 g/mol. The Morgan fingerprint density at radius 1 is 1.37 bits per heavy atom. The van der Waals surface area contributed by atoms with Crippen LogP contribution in [0.15, 0.2) is 0 Å². The summed E-state index contributed by atoms with van der Waals surface area (Å²) >= 11 is 0. The number of rotatable bonds is 4. The number of anilines is 1. The molecule has 0 atom stereocenters. The van der Waals surface area contributed by atoms with Crippen LogP contribution in [0.1, 0.15) is 57.7 Å². The Hall–Kier alpha value is -1.59. The molecule has 1 aromatic heterocycles. The molecule has 0 bridgehead atoms. The Bertz CT molecular complexity index is 461. The summed E-state index contributed by atoms with van der Waals surface area (Å²) in [7, 11) is 0. The quantitative estimate of drug-likeness (QED) is 0.669. The van der Waals surface area contributed by atoms with E-state index in [4.69, 9.17) is 0 Å². The van der Waals surface area contributed by atoms with Gasteiger partial charge in [0.2, 0.25) is 5.82 Å². The van der Waals surface area contributed by atoms with E-state index in [-0.39, 0.29) is 16.7 Å². The van der Waals surface area contributed by atoms with E-state index in [1.807, 2.05) is 13.8 Å². The summed E-state index contributed by atoms with van der Waals surface area (Å²) in [6.45, 7) is 5.67. The van der Waals surface area contributed by atoms with E-state index in [2.05, 4.69) is 10.4 Å². The lowest BCUT2D eigenvalue weighted by atomic mass is 9.95. The molecule has 0 aliphatic heterocycles. The van der Waals surface area contributed by atoms with Gasteiger partial charge in [0.15, 0.2) is 0 Å². The molecule has 0 unspecified atom stereocenters. The van der Waals surface area contributed by atoms with E-state index in [1.54, 1.807) is 11.6 Å². The van der Waals surface area contributed by atoms with E-state index < -0.39 is 0 Å². The van der Waals surface area contributed by atoms with Crippen molar-refractivity contribution in [3.05, 3.63) is 15.8 Å². The van der Waals surface area contributed by atoms with Crippen LogP contribution >= 0.6 is 0 Å². The van der Waals surface area contributed by atoms with Crippen molar-refractivity contribution in [3.8, 4) is 0 Å². The summed E-state index contributed by atoms with van der Waals surface area (Å²) in [4.78, 5) is 10.9. The molecule has 0 amide bonds. The average molecular weight is 266 g/mol. The SMILES string of the molecule is Cc1nn(C(C)C)c(NC2CCCCC2)c1[N+](=O)[O-]. The number of nitrogens with one attached hydrogen (secondary N) is 1. The third kappa shape index (κ3) is 2.88. The van der Waals surface area contributed by atoms with Crippen molar-refractivity contribution in [1.82, 2.24) is 9.78 Å². The second-order valence-electron chi connectivity index (χ2n) is 5.56. The Morgan fingerprint density at radius 3 is 2.53 bits per heavy atom. The van der Waals surface area contributed by atoms with Crippen molar-refractivity contribution in [1.29, 1.82) is 0 Å². The first kappa shape index (κ1) is 13.8. The zero-order valence-electron chi connectivity index (χ0n) is 11.8. The molecule has 0 aromatic carbocycles. The minimum Gasteiger partial charge on any atom is -0.362 e. The van der Waals surface area contributed by atoms with Crippen molar-refractivity contribution < 1.29 is 4.92 Å². The van der Waals surface area contributed by atoms with Crippen LogP contribution in [0.25, 0.3) is 0 Å². The molecule has 6 nitrogen and oxygen atoms in total. The number of nitro groups is 1. The van der Waals surface area contributed by atoms with Crippen LogP contribution in [0.2, 0.25) is 0 Å². The zero-order valence-corrected chi connectivity index (χ0v) is 11.8.